The molecule has 50 heavy (non-hydrogen) atoms. The van der Waals surface area contributed by atoms with Gasteiger partial charge in [-0.1, -0.05) is 164 Å². The van der Waals surface area contributed by atoms with E-state index in [-0.39, 0.29) is 11.8 Å². The third-order valence-corrected chi connectivity index (χ3v) is 10.8. The van der Waals surface area contributed by atoms with E-state index in [1.807, 2.05) is 0 Å². The molecular formula is C50H40. The van der Waals surface area contributed by atoms with Crippen molar-refractivity contribution >= 4 is 16.7 Å². The van der Waals surface area contributed by atoms with Crippen LogP contribution in [0.5, 0.6) is 0 Å². The van der Waals surface area contributed by atoms with Crippen molar-refractivity contribution in [2.45, 2.75) is 25.2 Å². The molecule has 0 amide bonds. The van der Waals surface area contributed by atoms with E-state index in [9.17, 15) is 0 Å². The molecule has 3 atom stereocenters. The third-order valence-electron chi connectivity index (χ3n) is 10.8. The summed E-state index contributed by atoms with van der Waals surface area (Å²) in [6.07, 6.45) is 28.8. The Bertz CT molecular complexity index is 2330. The molecule has 4 aliphatic carbocycles. The molecule has 0 saturated heterocycles. The highest BCUT2D eigenvalue weighted by Gasteiger charge is 2.32. The van der Waals surface area contributed by atoms with E-state index in [0.717, 1.165) is 19.3 Å². The lowest BCUT2D eigenvalue weighted by molar-refractivity contribution is 0.686. The van der Waals surface area contributed by atoms with Crippen LogP contribution in [0.2, 0.25) is 0 Å². The molecule has 0 aromatic heterocycles. The fourth-order valence-electron chi connectivity index (χ4n) is 8.39. The zero-order valence-corrected chi connectivity index (χ0v) is 28.3. The molecule has 4 aliphatic rings. The van der Waals surface area contributed by atoms with Crippen molar-refractivity contribution in [2.24, 2.45) is 11.8 Å². The van der Waals surface area contributed by atoms with Gasteiger partial charge in [0.25, 0.3) is 0 Å². The predicted molar refractivity (Wildman–Crippen MR) is 212 cm³/mol. The van der Waals surface area contributed by atoms with Gasteiger partial charge < -0.3 is 0 Å². The van der Waals surface area contributed by atoms with Gasteiger partial charge in [-0.15, -0.1) is 0 Å². The molecule has 0 N–H and O–H groups in total. The fraction of sp³-hybridized carbons (Fsp3) is 0.120. The van der Waals surface area contributed by atoms with Crippen molar-refractivity contribution < 1.29 is 0 Å². The number of rotatable bonds is 6. The molecule has 0 spiro atoms. The van der Waals surface area contributed by atoms with Crippen LogP contribution in [0, 0.1) is 11.8 Å². The second-order valence-electron chi connectivity index (χ2n) is 13.9. The van der Waals surface area contributed by atoms with E-state index >= 15 is 0 Å². The van der Waals surface area contributed by atoms with E-state index in [1.54, 1.807) is 0 Å². The van der Waals surface area contributed by atoms with Crippen molar-refractivity contribution in [1.82, 2.24) is 0 Å². The summed E-state index contributed by atoms with van der Waals surface area (Å²) < 4.78 is 0. The van der Waals surface area contributed by atoms with Crippen molar-refractivity contribution in [3.63, 3.8) is 0 Å². The number of hydrogen-bond donors (Lipinski definition) is 0. The van der Waals surface area contributed by atoms with E-state index in [1.165, 1.54) is 71.7 Å². The molecule has 0 saturated carbocycles. The summed E-state index contributed by atoms with van der Waals surface area (Å²) in [6, 6.07) is 45.4. The summed E-state index contributed by atoms with van der Waals surface area (Å²) >= 11 is 0. The predicted octanol–water partition coefficient (Wildman–Crippen LogP) is 11.1. The van der Waals surface area contributed by atoms with Gasteiger partial charge >= 0.3 is 0 Å². The first-order chi connectivity index (χ1) is 24.8. The summed E-state index contributed by atoms with van der Waals surface area (Å²) in [5.74, 6) is 0.798. The molecule has 0 heteroatoms. The first-order valence-corrected chi connectivity index (χ1v) is 18.1. The first kappa shape index (κ1) is 30.3. The Labute approximate surface area is 295 Å². The average molecular weight is 641 g/mol. The Hall–Kier alpha value is -5.72. The van der Waals surface area contributed by atoms with Crippen LogP contribution >= 0.6 is 0 Å². The van der Waals surface area contributed by atoms with Gasteiger partial charge in [0.05, 0.1) is 0 Å². The van der Waals surface area contributed by atoms with E-state index in [0.29, 0.717) is 5.92 Å². The smallest absolute Gasteiger partial charge is 0.0137 e. The summed E-state index contributed by atoms with van der Waals surface area (Å²) in [5, 5.41) is 2.67. The van der Waals surface area contributed by atoms with Crippen molar-refractivity contribution in [3.8, 4) is 22.3 Å². The molecule has 0 aliphatic heterocycles. The molecule has 0 bridgehead atoms. The summed E-state index contributed by atoms with van der Waals surface area (Å²) in [6.45, 7) is 0. The normalized spacial score (nSPS) is 20.4. The zero-order valence-electron chi connectivity index (χ0n) is 28.3. The Morgan fingerprint density at radius 3 is 1.54 bits per heavy atom. The highest BCUT2D eigenvalue weighted by molar-refractivity contribution is 5.86. The van der Waals surface area contributed by atoms with E-state index < -0.39 is 0 Å². The van der Waals surface area contributed by atoms with Crippen LogP contribution in [0.3, 0.4) is 0 Å². The summed E-state index contributed by atoms with van der Waals surface area (Å²) in [5.41, 5.74) is 14.5. The topological polar surface area (TPSA) is 0 Å². The average Bonchev–Trinajstić information content (AvgIpc) is 3.21. The SMILES string of the molecule is C1=CCC(c2cc(C3=CCCC=C3)cc(C3=c4ccccc4=C(c4cc(-c5ccccc5)cc(-c5ccccc5)c4)C4C=CC=CC34)c2)C=C1. The van der Waals surface area contributed by atoms with Gasteiger partial charge in [-0.05, 0) is 115 Å². The van der Waals surface area contributed by atoms with Crippen molar-refractivity contribution in [1.29, 1.82) is 0 Å². The summed E-state index contributed by atoms with van der Waals surface area (Å²) in [4.78, 5) is 0. The van der Waals surface area contributed by atoms with Crippen molar-refractivity contribution in [2.75, 3.05) is 0 Å². The standard InChI is InChI=1S/C50H40/c1-5-17-35(18-6-1)39-29-40(36-19-7-2-8-20-36)32-43(31-39)49-45-25-13-15-27-47(45)50(48-28-16-14-26-46(48)49)44-33-41(37-21-9-3-10-22-37)30-42(34-44)38-23-11-4-12-24-38/h1-3,5-11,13-21,23-34,37,45,47H,4,12,22H2. The van der Waals surface area contributed by atoms with Crippen LogP contribution in [0.15, 0.2) is 188 Å². The number of benzene rings is 5. The monoisotopic (exact) mass is 640 g/mol. The Balaban J connectivity index is 1.32. The first-order valence-electron chi connectivity index (χ1n) is 18.1. The molecule has 5 aromatic rings. The van der Waals surface area contributed by atoms with Crippen LogP contribution in [0.1, 0.15) is 47.4 Å². The fourth-order valence-corrected chi connectivity index (χ4v) is 8.39. The quantitative estimate of drug-likeness (QED) is 0.173. The minimum Gasteiger partial charge on any atom is -0.0836 e. The van der Waals surface area contributed by atoms with E-state index in [4.69, 9.17) is 0 Å². The van der Waals surface area contributed by atoms with Gasteiger partial charge in [-0.3, -0.25) is 0 Å². The second kappa shape index (κ2) is 13.3. The van der Waals surface area contributed by atoms with Crippen LogP contribution in [0.25, 0.3) is 39.0 Å². The number of allylic oxidation sites excluding steroid dienone is 12. The maximum absolute atomic E-state index is 2.49. The molecule has 0 heterocycles. The Kier molecular flexibility index (Phi) is 8.07. The highest BCUT2D eigenvalue weighted by atomic mass is 14.4. The molecular weight excluding hydrogens is 601 g/mol. The van der Waals surface area contributed by atoms with Gasteiger partial charge in [0.2, 0.25) is 0 Å². The second-order valence-corrected chi connectivity index (χ2v) is 13.9. The maximum atomic E-state index is 2.49. The largest absolute Gasteiger partial charge is 0.0836 e. The Morgan fingerprint density at radius 1 is 0.420 bits per heavy atom. The van der Waals surface area contributed by atoms with Crippen molar-refractivity contribution in [3.05, 3.63) is 221 Å². The lowest BCUT2D eigenvalue weighted by Gasteiger charge is -2.34. The van der Waals surface area contributed by atoms with Gasteiger partial charge in [0.15, 0.2) is 0 Å². The zero-order chi connectivity index (χ0) is 33.3. The third kappa shape index (κ3) is 5.71. The Morgan fingerprint density at radius 2 is 0.960 bits per heavy atom. The van der Waals surface area contributed by atoms with Crippen LogP contribution < -0.4 is 10.4 Å². The minimum absolute atomic E-state index is 0.206. The number of hydrogen-bond acceptors (Lipinski definition) is 0. The van der Waals surface area contributed by atoms with Crippen LogP contribution in [-0.4, -0.2) is 0 Å². The summed E-state index contributed by atoms with van der Waals surface area (Å²) in [7, 11) is 0. The number of fused-ring (bicyclic) bond motifs is 2. The molecule has 3 unspecified atom stereocenters. The molecule has 240 valence electrons. The highest BCUT2D eigenvalue weighted by Crippen LogP contribution is 2.43. The molecule has 0 radical (unpaired) electrons. The molecule has 0 nitrogen and oxygen atoms in total. The van der Waals surface area contributed by atoms with E-state index in [2.05, 4.69) is 188 Å². The van der Waals surface area contributed by atoms with Crippen LogP contribution in [-0.2, 0) is 0 Å². The van der Waals surface area contributed by atoms with Gasteiger partial charge in [-0.25, -0.2) is 0 Å². The molecule has 9 rings (SSSR count). The van der Waals surface area contributed by atoms with Crippen LogP contribution in [0.4, 0.5) is 0 Å². The molecule has 5 aromatic carbocycles. The van der Waals surface area contributed by atoms with Gasteiger partial charge in [0.1, 0.15) is 0 Å². The lowest BCUT2D eigenvalue weighted by Crippen LogP contribution is -2.40. The lowest BCUT2D eigenvalue weighted by atomic mass is 9.69. The van der Waals surface area contributed by atoms with Gasteiger partial charge in [-0.2, -0.15) is 0 Å². The molecule has 0 fully saturated rings. The maximum Gasteiger partial charge on any atom is 0.0137 e. The minimum atomic E-state index is 0.206. The van der Waals surface area contributed by atoms with Gasteiger partial charge in [0, 0.05) is 17.8 Å².